The van der Waals surface area contributed by atoms with Crippen LogP contribution in [-0.2, 0) is 6.42 Å². The Bertz CT molecular complexity index is 491. The molecule has 2 aromatic heterocycles. The fraction of sp³-hybridized carbons (Fsp3) is 0.333. The monoisotopic (exact) mass is 228 g/mol. The molecule has 0 saturated heterocycles. The normalized spacial score (nSPS) is 10.9. The highest BCUT2D eigenvalue weighted by atomic mass is 35.5. The third-order valence-corrected chi connectivity index (χ3v) is 3.00. The summed E-state index contributed by atoms with van der Waals surface area (Å²) in [7, 11) is 0. The maximum atomic E-state index is 11.5. The van der Waals surface area contributed by atoms with Crippen LogP contribution in [0.25, 0.3) is 10.2 Å². The molecule has 2 rings (SSSR count). The first-order valence-corrected chi connectivity index (χ1v) is 5.75. The van der Waals surface area contributed by atoms with Crippen molar-refractivity contribution >= 4 is 33.2 Å². The van der Waals surface area contributed by atoms with Gasteiger partial charge in [-0.1, -0.05) is 0 Å². The molecule has 0 saturated carbocycles. The molecule has 0 amide bonds. The van der Waals surface area contributed by atoms with Crippen LogP contribution in [0.5, 0.6) is 0 Å². The highest BCUT2D eigenvalue weighted by molar-refractivity contribution is 7.16. The fourth-order valence-electron chi connectivity index (χ4n) is 1.26. The summed E-state index contributed by atoms with van der Waals surface area (Å²) in [5.74, 6) is 1.32. The van der Waals surface area contributed by atoms with Gasteiger partial charge in [0.05, 0.1) is 5.39 Å². The van der Waals surface area contributed by atoms with E-state index in [2.05, 4.69) is 9.97 Å². The zero-order chi connectivity index (χ0) is 9.97. The summed E-state index contributed by atoms with van der Waals surface area (Å²) < 4.78 is 0. The molecule has 1 N–H and O–H groups in total. The van der Waals surface area contributed by atoms with Crippen LogP contribution in [0, 0.1) is 0 Å². The summed E-state index contributed by atoms with van der Waals surface area (Å²) >= 11 is 7.06. The minimum absolute atomic E-state index is 0.0548. The number of halogens is 1. The molecule has 0 bridgehead atoms. The Kier molecular flexibility index (Phi) is 2.84. The van der Waals surface area contributed by atoms with Gasteiger partial charge in [-0.15, -0.1) is 22.9 Å². The van der Waals surface area contributed by atoms with E-state index in [4.69, 9.17) is 11.6 Å². The van der Waals surface area contributed by atoms with Crippen molar-refractivity contribution in [2.75, 3.05) is 5.88 Å². The molecule has 0 radical (unpaired) electrons. The number of aromatic amines is 1. The second kappa shape index (κ2) is 4.11. The minimum Gasteiger partial charge on any atom is -0.310 e. The second-order valence-corrected chi connectivity index (χ2v) is 4.22. The molecule has 0 unspecified atom stereocenters. The number of hydrogen-bond acceptors (Lipinski definition) is 3. The van der Waals surface area contributed by atoms with Crippen molar-refractivity contribution in [3.05, 3.63) is 27.6 Å². The zero-order valence-corrected chi connectivity index (χ0v) is 8.99. The largest absolute Gasteiger partial charge is 0.310 e. The van der Waals surface area contributed by atoms with Crippen LogP contribution in [0.3, 0.4) is 0 Å². The predicted molar refractivity (Wildman–Crippen MR) is 59.3 cm³/mol. The van der Waals surface area contributed by atoms with Crippen molar-refractivity contribution < 1.29 is 0 Å². The van der Waals surface area contributed by atoms with E-state index in [1.54, 1.807) is 6.07 Å². The van der Waals surface area contributed by atoms with Gasteiger partial charge in [0.15, 0.2) is 0 Å². The molecule has 0 aliphatic rings. The Hall–Kier alpha value is -0.870. The minimum atomic E-state index is -0.0548. The molecule has 0 aliphatic carbocycles. The molecule has 0 aromatic carbocycles. The van der Waals surface area contributed by atoms with Gasteiger partial charge < -0.3 is 4.98 Å². The van der Waals surface area contributed by atoms with Gasteiger partial charge in [0.25, 0.3) is 5.56 Å². The number of H-pyrrole nitrogens is 1. The van der Waals surface area contributed by atoms with Crippen molar-refractivity contribution in [1.29, 1.82) is 0 Å². The van der Waals surface area contributed by atoms with Crippen LogP contribution in [0.4, 0.5) is 0 Å². The van der Waals surface area contributed by atoms with E-state index >= 15 is 0 Å². The van der Waals surface area contributed by atoms with Gasteiger partial charge in [-0.05, 0) is 17.9 Å². The molecular weight excluding hydrogens is 220 g/mol. The van der Waals surface area contributed by atoms with E-state index in [-0.39, 0.29) is 5.56 Å². The number of hydrogen-bond donors (Lipinski definition) is 1. The maximum absolute atomic E-state index is 11.5. The number of fused-ring (bicyclic) bond motifs is 1. The summed E-state index contributed by atoms with van der Waals surface area (Å²) in [6.45, 7) is 0. The van der Waals surface area contributed by atoms with Crippen molar-refractivity contribution in [3.8, 4) is 0 Å². The average molecular weight is 229 g/mol. The zero-order valence-electron chi connectivity index (χ0n) is 7.42. The molecule has 2 heterocycles. The first kappa shape index (κ1) is 9.68. The SMILES string of the molecule is O=c1[nH]c(CCCCl)nc2sccc12. The van der Waals surface area contributed by atoms with Gasteiger partial charge in [0.1, 0.15) is 10.7 Å². The van der Waals surface area contributed by atoms with E-state index < -0.39 is 0 Å². The molecule has 0 atom stereocenters. The topological polar surface area (TPSA) is 45.8 Å². The molecular formula is C9H9ClN2OS. The maximum Gasteiger partial charge on any atom is 0.259 e. The van der Waals surface area contributed by atoms with Gasteiger partial charge in [-0.25, -0.2) is 4.98 Å². The highest BCUT2D eigenvalue weighted by Gasteiger charge is 2.03. The Labute approximate surface area is 89.8 Å². The van der Waals surface area contributed by atoms with Gasteiger partial charge in [-0.3, -0.25) is 4.79 Å². The van der Waals surface area contributed by atoms with E-state index in [1.807, 2.05) is 5.38 Å². The van der Waals surface area contributed by atoms with E-state index in [0.29, 0.717) is 11.3 Å². The predicted octanol–water partition coefficient (Wildman–Crippen LogP) is 2.16. The summed E-state index contributed by atoms with van der Waals surface area (Å²) in [4.78, 5) is 19.4. The van der Waals surface area contributed by atoms with Gasteiger partial charge in [0.2, 0.25) is 0 Å². The Morgan fingerprint density at radius 1 is 1.57 bits per heavy atom. The van der Waals surface area contributed by atoms with Crippen LogP contribution >= 0.6 is 22.9 Å². The van der Waals surface area contributed by atoms with Crippen LogP contribution in [0.1, 0.15) is 12.2 Å². The third kappa shape index (κ3) is 1.81. The number of nitrogens with zero attached hydrogens (tertiary/aromatic N) is 1. The lowest BCUT2D eigenvalue weighted by molar-refractivity contribution is 0.843. The molecule has 0 aliphatic heterocycles. The Balaban J connectivity index is 2.43. The number of thiophene rings is 1. The van der Waals surface area contributed by atoms with Crippen molar-refractivity contribution in [2.24, 2.45) is 0 Å². The molecule has 0 fully saturated rings. The second-order valence-electron chi connectivity index (χ2n) is 2.94. The summed E-state index contributed by atoms with van der Waals surface area (Å²) in [5, 5.41) is 2.54. The number of nitrogens with one attached hydrogen (secondary N) is 1. The smallest absolute Gasteiger partial charge is 0.259 e. The van der Waals surface area contributed by atoms with Gasteiger partial charge in [-0.2, -0.15) is 0 Å². The van der Waals surface area contributed by atoms with E-state index in [1.165, 1.54) is 11.3 Å². The third-order valence-electron chi connectivity index (χ3n) is 1.93. The molecule has 2 aromatic rings. The first-order chi connectivity index (χ1) is 6.81. The molecule has 74 valence electrons. The molecule has 14 heavy (non-hydrogen) atoms. The van der Waals surface area contributed by atoms with Crippen molar-refractivity contribution in [2.45, 2.75) is 12.8 Å². The number of rotatable bonds is 3. The molecule has 5 heteroatoms. The summed E-state index contributed by atoms with van der Waals surface area (Å²) in [6.07, 6.45) is 1.56. The number of alkyl halides is 1. The standard InChI is InChI=1S/C9H9ClN2OS/c10-4-1-2-7-11-8(13)6-3-5-14-9(6)12-7/h3,5H,1-2,4H2,(H,11,12,13). The fourth-order valence-corrected chi connectivity index (χ4v) is 2.18. The molecule has 0 spiro atoms. The van der Waals surface area contributed by atoms with Gasteiger partial charge in [0, 0.05) is 12.3 Å². The summed E-state index contributed by atoms with van der Waals surface area (Å²) in [5.41, 5.74) is -0.0548. The van der Waals surface area contributed by atoms with Crippen LogP contribution < -0.4 is 5.56 Å². The number of aromatic nitrogens is 2. The lowest BCUT2D eigenvalue weighted by Gasteiger charge is -1.97. The number of aryl methyl sites for hydroxylation is 1. The lowest BCUT2D eigenvalue weighted by atomic mass is 10.3. The Morgan fingerprint density at radius 2 is 2.43 bits per heavy atom. The quantitative estimate of drug-likeness (QED) is 0.819. The van der Waals surface area contributed by atoms with Gasteiger partial charge >= 0.3 is 0 Å². The van der Waals surface area contributed by atoms with Crippen LogP contribution in [0.15, 0.2) is 16.2 Å². The molecule has 3 nitrogen and oxygen atoms in total. The van der Waals surface area contributed by atoms with Crippen LogP contribution in [0.2, 0.25) is 0 Å². The average Bonchev–Trinajstić information content (AvgIpc) is 2.63. The first-order valence-electron chi connectivity index (χ1n) is 4.33. The lowest BCUT2D eigenvalue weighted by Crippen LogP contribution is -2.10. The van der Waals surface area contributed by atoms with E-state index in [9.17, 15) is 4.79 Å². The van der Waals surface area contributed by atoms with Crippen molar-refractivity contribution in [3.63, 3.8) is 0 Å². The van der Waals surface area contributed by atoms with Crippen molar-refractivity contribution in [1.82, 2.24) is 9.97 Å². The highest BCUT2D eigenvalue weighted by Crippen LogP contribution is 2.14. The summed E-state index contributed by atoms with van der Waals surface area (Å²) in [6, 6.07) is 1.79. The van der Waals surface area contributed by atoms with E-state index in [0.717, 1.165) is 23.5 Å². The van der Waals surface area contributed by atoms with Crippen LogP contribution in [-0.4, -0.2) is 15.8 Å². The Morgan fingerprint density at radius 3 is 3.21 bits per heavy atom.